The number of aryl methyl sites for hydroxylation is 1. The van der Waals surface area contributed by atoms with Gasteiger partial charge in [-0.05, 0) is 30.2 Å². The molecular formula is C17H20N2O3. The molecule has 1 heterocycles. The molecule has 0 bridgehead atoms. The van der Waals surface area contributed by atoms with E-state index in [0.29, 0.717) is 31.7 Å². The molecule has 2 rings (SSSR count). The number of nitrogens with zero attached hydrogens (tertiary/aromatic N) is 1. The van der Waals surface area contributed by atoms with Crippen molar-refractivity contribution < 1.29 is 14.3 Å². The van der Waals surface area contributed by atoms with Crippen LogP contribution in [0.25, 0.3) is 0 Å². The minimum absolute atomic E-state index is 0.0286. The third kappa shape index (κ3) is 3.97. The molecule has 22 heavy (non-hydrogen) atoms. The van der Waals surface area contributed by atoms with Crippen LogP contribution in [-0.2, 0) is 16.0 Å². The molecule has 0 saturated heterocycles. The van der Waals surface area contributed by atoms with Crippen molar-refractivity contribution in [1.29, 1.82) is 0 Å². The number of carbonyl (C=O) groups excluding carboxylic acids is 2. The summed E-state index contributed by atoms with van der Waals surface area (Å²) in [6.45, 7) is 8.16. The molecular weight excluding hydrogens is 280 g/mol. The Hall–Kier alpha value is -2.56. The quantitative estimate of drug-likeness (QED) is 0.785. The van der Waals surface area contributed by atoms with Crippen LogP contribution in [0.1, 0.15) is 12.0 Å². The van der Waals surface area contributed by atoms with E-state index in [-0.39, 0.29) is 18.4 Å². The Balaban J connectivity index is 1.96. The average molecular weight is 300 g/mol. The fraction of sp³-hybridized carbons (Fsp3) is 0.294. The first-order chi connectivity index (χ1) is 10.6. The maximum Gasteiger partial charge on any atom is 0.261 e. The summed E-state index contributed by atoms with van der Waals surface area (Å²) in [5.41, 5.74) is 1.84. The number of anilines is 1. The summed E-state index contributed by atoms with van der Waals surface area (Å²) in [6, 6.07) is 5.42. The fourth-order valence-corrected chi connectivity index (χ4v) is 2.28. The summed E-state index contributed by atoms with van der Waals surface area (Å²) in [6.07, 6.45) is 4.50. The van der Waals surface area contributed by atoms with Gasteiger partial charge in [0.05, 0.1) is 0 Å². The van der Waals surface area contributed by atoms with Gasteiger partial charge in [-0.25, -0.2) is 0 Å². The first-order valence-corrected chi connectivity index (χ1v) is 7.19. The summed E-state index contributed by atoms with van der Waals surface area (Å²) in [5.74, 6) is 0.534. The lowest BCUT2D eigenvalue weighted by atomic mass is 10.0. The van der Waals surface area contributed by atoms with Crippen LogP contribution in [-0.4, -0.2) is 36.4 Å². The Labute approximate surface area is 130 Å². The second-order valence-corrected chi connectivity index (χ2v) is 5.03. The average Bonchev–Trinajstić information content (AvgIpc) is 2.52. The second-order valence-electron chi connectivity index (χ2n) is 5.03. The third-order valence-electron chi connectivity index (χ3n) is 3.39. The molecule has 0 aromatic heterocycles. The Bertz CT molecular complexity index is 586. The van der Waals surface area contributed by atoms with Gasteiger partial charge in [0.2, 0.25) is 5.91 Å². The molecule has 1 aliphatic heterocycles. The van der Waals surface area contributed by atoms with Crippen LogP contribution >= 0.6 is 0 Å². The largest absolute Gasteiger partial charge is 0.484 e. The number of ether oxygens (including phenoxy) is 1. The highest BCUT2D eigenvalue weighted by Gasteiger charge is 2.16. The number of hydrogen-bond acceptors (Lipinski definition) is 3. The van der Waals surface area contributed by atoms with Crippen LogP contribution < -0.4 is 10.1 Å². The van der Waals surface area contributed by atoms with E-state index in [4.69, 9.17) is 4.74 Å². The predicted molar refractivity (Wildman–Crippen MR) is 85.9 cm³/mol. The monoisotopic (exact) mass is 300 g/mol. The van der Waals surface area contributed by atoms with Crippen LogP contribution in [0.5, 0.6) is 5.75 Å². The van der Waals surface area contributed by atoms with Gasteiger partial charge in [-0.1, -0.05) is 12.2 Å². The highest BCUT2D eigenvalue weighted by atomic mass is 16.5. The van der Waals surface area contributed by atoms with Gasteiger partial charge in [0, 0.05) is 25.2 Å². The minimum atomic E-state index is -0.120. The van der Waals surface area contributed by atoms with E-state index >= 15 is 0 Å². The topological polar surface area (TPSA) is 58.6 Å². The van der Waals surface area contributed by atoms with E-state index < -0.39 is 0 Å². The van der Waals surface area contributed by atoms with Gasteiger partial charge in [0.1, 0.15) is 5.75 Å². The molecule has 2 amide bonds. The zero-order chi connectivity index (χ0) is 15.9. The molecule has 1 aromatic rings. The van der Waals surface area contributed by atoms with Crippen molar-refractivity contribution in [3.05, 3.63) is 49.1 Å². The van der Waals surface area contributed by atoms with Crippen LogP contribution in [0.2, 0.25) is 0 Å². The van der Waals surface area contributed by atoms with Gasteiger partial charge < -0.3 is 15.0 Å². The Morgan fingerprint density at radius 1 is 1.27 bits per heavy atom. The normalized spacial score (nSPS) is 12.8. The fourth-order valence-electron chi connectivity index (χ4n) is 2.28. The minimum Gasteiger partial charge on any atom is -0.484 e. The van der Waals surface area contributed by atoms with Crippen molar-refractivity contribution in [1.82, 2.24) is 4.90 Å². The molecule has 5 nitrogen and oxygen atoms in total. The van der Waals surface area contributed by atoms with Crippen molar-refractivity contribution in [3.8, 4) is 5.75 Å². The van der Waals surface area contributed by atoms with Crippen molar-refractivity contribution in [2.45, 2.75) is 12.8 Å². The molecule has 1 N–H and O–H groups in total. The molecule has 1 aromatic carbocycles. The lowest BCUT2D eigenvalue weighted by Crippen LogP contribution is -2.35. The van der Waals surface area contributed by atoms with Gasteiger partial charge in [0.25, 0.3) is 5.91 Å². The van der Waals surface area contributed by atoms with E-state index in [1.165, 1.54) is 0 Å². The van der Waals surface area contributed by atoms with Crippen LogP contribution in [0.3, 0.4) is 0 Å². The summed E-state index contributed by atoms with van der Waals surface area (Å²) in [4.78, 5) is 25.0. The van der Waals surface area contributed by atoms with E-state index in [1.54, 1.807) is 29.2 Å². The molecule has 0 spiro atoms. The first-order valence-electron chi connectivity index (χ1n) is 7.19. The zero-order valence-electron chi connectivity index (χ0n) is 12.5. The van der Waals surface area contributed by atoms with Gasteiger partial charge in [0.15, 0.2) is 6.61 Å². The molecule has 1 aliphatic rings. The number of carbonyl (C=O) groups is 2. The van der Waals surface area contributed by atoms with E-state index in [0.717, 1.165) is 11.3 Å². The maximum atomic E-state index is 12.1. The third-order valence-corrected chi connectivity index (χ3v) is 3.39. The lowest BCUT2D eigenvalue weighted by molar-refractivity contribution is -0.132. The Morgan fingerprint density at radius 3 is 2.68 bits per heavy atom. The zero-order valence-corrected chi connectivity index (χ0v) is 12.5. The summed E-state index contributed by atoms with van der Waals surface area (Å²) in [5, 5.41) is 2.81. The SMILES string of the molecule is C=CCN(CC=C)C(=O)COc1ccc2c(c1)CCC(=O)N2. The molecule has 0 atom stereocenters. The second kappa shape index (κ2) is 7.45. The molecule has 0 unspecified atom stereocenters. The summed E-state index contributed by atoms with van der Waals surface area (Å²) in [7, 11) is 0. The number of fused-ring (bicyclic) bond motifs is 1. The van der Waals surface area contributed by atoms with Gasteiger partial charge in [-0.15, -0.1) is 13.2 Å². The maximum absolute atomic E-state index is 12.1. The standard InChI is InChI=1S/C17H20N2O3/c1-3-9-19(10-4-2)17(21)12-22-14-6-7-15-13(11-14)5-8-16(20)18-15/h3-4,6-7,11H,1-2,5,8-10,12H2,(H,18,20). The van der Waals surface area contributed by atoms with Crippen LogP contribution in [0, 0.1) is 0 Å². The van der Waals surface area contributed by atoms with E-state index in [1.807, 2.05) is 6.07 Å². The van der Waals surface area contributed by atoms with Crippen molar-refractivity contribution in [3.63, 3.8) is 0 Å². The molecule has 116 valence electrons. The summed E-state index contributed by atoms with van der Waals surface area (Å²) >= 11 is 0. The van der Waals surface area contributed by atoms with Crippen molar-refractivity contribution in [2.75, 3.05) is 25.0 Å². The molecule has 0 saturated carbocycles. The number of nitrogens with one attached hydrogen (secondary N) is 1. The van der Waals surface area contributed by atoms with Gasteiger partial charge in [-0.3, -0.25) is 9.59 Å². The molecule has 5 heteroatoms. The number of rotatable bonds is 7. The van der Waals surface area contributed by atoms with Crippen molar-refractivity contribution in [2.24, 2.45) is 0 Å². The van der Waals surface area contributed by atoms with Crippen LogP contribution in [0.4, 0.5) is 5.69 Å². The number of amides is 2. The predicted octanol–water partition coefficient (Wildman–Crippen LogP) is 2.15. The van der Waals surface area contributed by atoms with E-state index in [2.05, 4.69) is 18.5 Å². The highest BCUT2D eigenvalue weighted by Crippen LogP contribution is 2.26. The van der Waals surface area contributed by atoms with Crippen LogP contribution in [0.15, 0.2) is 43.5 Å². The lowest BCUT2D eigenvalue weighted by Gasteiger charge is -2.20. The van der Waals surface area contributed by atoms with Crippen molar-refractivity contribution >= 4 is 17.5 Å². The first kappa shape index (κ1) is 15.8. The van der Waals surface area contributed by atoms with Gasteiger partial charge in [-0.2, -0.15) is 0 Å². The van der Waals surface area contributed by atoms with E-state index in [9.17, 15) is 9.59 Å². The summed E-state index contributed by atoms with van der Waals surface area (Å²) < 4.78 is 5.56. The number of benzene rings is 1. The molecule has 0 radical (unpaired) electrons. The molecule has 0 fully saturated rings. The number of hydrogen-bond donors (Lipinski definition) is 1. The highest BCUT2D eigenvalue weighted by molar-refractivity contribution is 5.94. The van der Waals surface area contributed by atoms with Gasteiger partial charge >= 0.3 is 0 Å². The molecule has 0 aliphatic carbocycles. The Kier molecular flexibility index (Phi) is 5.36. The smallest absolute Gasteiger partial charge is 0.261 e. The Morgan fingerprint density at radius 2 is 2.00 bits per heavy atom.